The summed E-state index contributed by atoms with van der Waals surface area (Å²) in [6.07, 6.45) is -0.679. The van der Waals surface area contributed by atoms with E-state index in [9.17, 15) is 18.0 Å². The molecular formula is C17H30F3NO4. The predicted octanol–water partition coefficient (Wildman–Crippen LogP) is 3.93. The Labute approximate surface area is 147 Å². The fourth-order valence-electron chi connectivity index (χ4n) is 3.20. The number of halogens is 3. The van der Waals surface area contributed by atoms with Gasteiger partial charge in [0.15, 0.2) is 0 Å². The largest absolute Gasteiger partial charge is 0.490 e. The molecule has 0 aromatic rings. The maximum absolute atomic E-state index is 11.0. The Kier molecular flexibility index (Phi) is 8.41. The fraction of sp³-hybridized carbons (Fsp3) is 0.882. The van der Waals surface area contributed by atoms with Gasteiger partial charge < -0.3 is 15.5 Å². The lowest BCUT2D eigenvalue weighted by Crippen LogP contribution is -2.41. The van der Waals surface area contributed by atoms with Gasteiger partial charge in [-0.05, 0) is 57.4 Å². The number of aliphatic carboxylic acids is 2. The summed E-state index contributed by atoms with van der Waals surface area (Å²) in [6.45, 7) is 11.4. The summed E-state index contributed by atoms with van der Waals surface area (Å²) < 4.78 is 31.7. The van der Waals surface area contributed by atoms with E-state index < -0.39 is 23.5 Å². The molecule has 0 amide bonds. The topological polar surface area (TPSA) is 86.6 Å². The van der Waals surface area contributed by atoms with Crippen LogP contribution in [0.1, 0.15) is 60.3 Å². The number of carboxylic acids is 2. The number of nitrogens with one attached hydrogen (secondary N) is 1. The second kappa shape index (κ2) is 8.87. The minimum Gasteiger partial charge on any atom is -0.481 e. The van der Waals surface area contributed by atoms with Crippen molar-refractivity contribution < 1.29 is 33.0 Å². The zero-order valence-electron chi connectivity index (χ0n) is 15.5. The Morgan fingerprint density at radius 1 is 1.12 bits per heavy atom. The molecule has 1 rings (SSSR count). The second-order valence-electron chi connectivity index (χ2n) is 8.31. The lowest BCUT2D eigenvalue weighted by molar-refractivity contribution is -0.192. The Morgan fingerprint density at radius 2 is 1.60 bits per heavy atom. The van der Waals surface area contributed by atoms with Crippen LogP contribution < -0.4 is 5.32 Å². The summed E-state index contributed by atoms with van der Waals surface area (Å²) in [5, 5.41) is 19.8. The van der Waals surface area contributed by atoms with Crippen LogP contribution in [0.15, 0.2) is 0 Å². The van der Waals surface area contributed by atoms with Crippen LogP contribution in [0.3, 0.4) is 0 Å². The van der Waals surface area contributed by atoms with Crippen LogP contribution in [0.4, 0.5) is 13.2 Å². The number of carbonyl (C=O) groups is 2. The maximum atomic E-state index is 11.0. The molecule has 0 bridgehead atoms. The zero-order valence-corrected chi connectivity index (χ0v) is 15.5. The van der Waals surface area contributed by atoms with E-state index in [1.165, 1.54) is 19.3 Å². The lowest BCUT2D eigenvalue weighted by Gasteiger charge is -2.39. The number of hydrogen-bond acceptors (Lipinski definition) is 3. The van der Waals surface area contributed by atoms with Gasteiger partial charge >= 0.3 is 18.1 Å². The van der Waals surface area contributed by atoms with E-state index >= 15 is 0 Å². The first kappa shape index (κ1) is 23.7. The third kappa shape index (κ3) is 9.67. The molecule has 0 heterocycles. The molecular weight excluding hydrogens is 339 g/mol. The van der Waals surface area contributed by atoms with Gasteiger partial charge in [0.2, 0.25) is 0 Å². The third-order valence-electron chi connectivity index (χ3n) is 4.39. The quantitative estimate of drug-likeness (QED) is 0.684. The van der Waals surface area contributed by atoms with Gasteiger partial charge in [0.05, 0.1) is 5.41 Å². The van der Waals surface area contributed by atoms with E-state index in [-0.39, 0.29) is 0 Å². The van der Waals surface area contributed by atoms with Crippen molar-refractivity contribution >= 4 is 11.9 Å². The van der Waals surface area contributed by atoms with Crippen molar-refractivity contribution in [3.63, 3.8) is 0 Å². The molecule has 0 saturated heterocycles. The molecule has 0 aromatic carbocycles. The van der Waals surface area contributed by atoms with Crippen molar-refractivity contribution in [2.75, 3.05) is 6.54 Å². The van der Waals surface area contributed by atoms with Crippen LogP contribution in [0.2, 0.25) is 0 Å². The van der Waals surface area contributed by atoms with E-state index in [1.807, 2.05) is 0 Å². The molecule has 0 aliphatic heterocycles. The standard InChI is InChI=1S/C15H29NO2.C2HF3O2/c1-11-8-12(10-14(2,3)9-11)16-7-6-15(4,5)13(17)18;3-2(4,5)1(6)7/h11-12,16H,6-10H2,1-5H3,(H,17,18);(H,6,7). The van der Waals surface area contributed by atoms with E-state index in [4.69, 9.17) is 15.0 Å². The Hall–Kier alpha value is -1.31. The molecule has 0 aromatic heterocycles. The van der Waals surface area contributed by atoms with Gasteiger partial charge in [0, 0.05) is 6.04 Å². The highest BCUT2D eigenvalue weighted by atomic mass is 19.4. The maximum Gasteiger partial charge on any atom is 0.490 e. The monoisotopic (exact) mass is 369 g/mol. The van der Waals surface area contributed by atoms with Crippen LogP contribution in [-0.4, -0.2) is 40.9 Å². The summed E-state index contributed by atoms with van der Waals surface area (Å²) in [4.78, 5) is 19.9. The van der Waals surface area contributed by atoms with Crippen LogP contribution in [0.5, 0.6) is 0 Å². The Morgan fingerprint density at radius 3 is 1.96 bits per heavy atom. The Bertz CT molecular complexity index is 461. The van der Waals surface area contributed by atoms with Crippen LogP contribution in [-0.2, 0) is 9.59 Å². The van der Waals surface area contributed by atoms with Crippen molar-refractivity contribution in [2.24, 2.45) is 16.7 Å². The minimum absolute atomic E-state index is 0.414. The first-order valence-corrected chi connectivity index (χ1v) is 8.34. The van der Waals surface area contributed by atoms with Crippen LogP contribution >= 0.6 is 0 Å². The molecule has 1 aliphatic carbocycles. The van der Waals surface area contributed by atoms with Gasteiger partial charge in [-0.25, -0.2) is 4.79 Å². The molecule has 148 valence electrons. The third-order valence-corrected chi connectivity index (χ3v) is 4.39. The van der Waals surface area contributed by atoms with Gasteiger partial charge in [0.25, 0.3) is 0 Å². The summed E-state index contributed by atoms with van der Waals surface area (Å²) in [5.41, 5.74) is -0.208. The molecule has 25 heavy (non-hydrogen) atoms. The summed E-state index contributed by atoms with van der Waals surface area (Å²) >= 11 is 0. The highest BCUT2D eigenvalue weighted by Gasteiger charge is 2.38. The first-order valence-electron chi connectivity index (χ1n) is 8.34. The number of rotatable bonds is 5. The number of hydrogen-bond donors (Lipinski definition) is 3. The minimum atomic E-state index is -5.08. The van der Waals surface area contributed by atoms with E-state index in [1.54, 1.807) is 13.8 Å². The molecule has 1 saturated carbocycles. The predicted molar refractivity (Wildman–Crippen MR) is 88.3 cm³/mol. The smallest absolute Gasteiger partial charge is 0.481 e. The molecule has 5 nitrogen and oxygen atoms in total. The molecule has 0 spiro atoms. The second-order valence-corrected chi connectivity index (χ2v) is 8.31. The molecule has 1 aliphatic rings. The average Bonchev–Trinajstić information content (AvgIpc) is 2.35. The highest BCUT2D eigenvalue weighted by Crippen LogP contribution is 2.38. The summed E-state index contributed by atoms with van der Waals surface area (Å²) in [5.74, 6) is -2.70. The molecule has 8 heteroatoms. The van der Waals surface area contributed by atoms with Crippen LogP contribution in [0, 0.1) is 16.7 Å². The Balaban J connectivity index is 0.000000697. The lowest BCUT2D eigenvalue weighted by atomic mass is 9.70. The number of alkyl halides is 3. The van der Waals surface area contributed by atoms with Gasteiger partial charge in [-0.2, -0.15) is 13.2 Å². The van der Waals surface area contributed by atoms with E-state index in [2.05, 4.69) is 26.1 Å². The highest BCUT2D eigenvalue weighted by molar-refractivity contribution is 5.73. The van der Waals surface area contributed by atoms with E-state index in [0.29, 0.717) is 17.9 Å². The van der Waals surface area contributed by atoms with Crippen molar-refractivity contribution in [3.8, 4) is 0 Å². The van der Waals surface area contributed by atoms with Gasteiger partial charge in [-0.15, -0.1) is 0 Å². The molecule has 1 fully saturated rings. The van der Waals surface area contributed by atoms with Crippen molar-refractivity contribution in [2.45, 2.75) is 72.5 Å². The van der Waals surface area contributed by atoms with Crippen molar-refractivity contribution in [3.05, 3.63) is 0 Å². The molecule has 2 atom stereocenters. The van der Waals surface area contributed by atoms with Gasteiger partial charge in [-0.3, -0.25) is 4.79 Å². The van der Waals surface area contributed by atoms with Gasteiger partial charge in [0.1, 0.15) is 0 Å². The summed E-state index contributed by atoms with van der Waals surface area (Å²) in [6, 6.07) is 0.549. The van der Waals surface area contributed by atoms with Crippen molar-refractivity contribution in [1.82, 2.24) is 5.32 Å². The molecule has 0 radical (unpaired) electrons. The molecule has 2 unspecified atom stereocenters. The molecule has 3 N–H and O–H groups in total. The van der Waals surface area contributed by atoms with Crippen molar-refractivity contribution in [1.29, 1.82) is 0 Å². The fourth-order valence-corrected chi connectivity index (χ4v) is 3.20. The van der Waals surface area contributed by atoms with Crippen LogP contribution in [0.25, 0.3) is 0 Å². The zero-order chi connectivity index (χ0) is 20.1. The average molecular weight is 369 g/mol. The number of carboxylic acid groups (broad SMARTS) is 2. The SMILES string of the molecule is CC1CC(NCCC(C)(C)C(=O)O)CC(C)(C)C1.O=C(O)C(F)(F)F. The first-order chi connectivity index (χ1) is 11.1. The normalized spacial score (nSPS) is 23.4. The summed E-state index contributed by atoms with van der Waals surface area (Å²) in [7, 11) is 0. The van der Waals surface area contributed by atoms with E-state index in [0.717, 1.165) is 12.5 Å². The van der Waals surface area contributed by atoms with Gasteiger partial charge in [-0.1, -0.05) is 20.8 Å².